The van der Waals surface area contributed by atoms with E-state index >= 15 is 0 Å². The van der Waals surface area contributed by atoms with Crippen LogP contribution in [0.25, 0.3) is 0 Å². The molecule has 3 rings (SSSR count). The molecule has 0 unspecified atom stereocenters. The topological polar surface area (TPSA) is 70.1 Å². The minimum atomic E-state index is -0.499. The number of benzene rings is 1. The number of rotatable bonds is 3. The molecule has 1 atom stereocenters. The van der Waals surface area contributed by atoms with Crippen LogP contribution in [0.15, 0.2) is 23.3 Å². The molecule has 0 fully saturated rings. The number of hydrogen-bond donors (Lipinski definition) is 2. The van der Waals surface area contributed by atoms with Gasteiger partial charge in [-0.2, -0.15) is 10.2 Å². The van der Waals surface area contributed by atoms with Gasteiger partial charge in [0.25, 0.3) is 5.91 Å². The molecule has 2 aromatic rings. The summed E-state index contributed by atoms with van der Waals surface area (Å²) in [6.07, 6.45) is 3.96. The van der Waals surface area contributed by atoms with Crippen LogP contribution in [0.4, 0.5) is 4.39 Å². The van der Waals surface area contributed by atoms with Crippen molar-refractivity contribution in [2.24, 2.45) is 16.4 Å². The van der Waals surface area contributed by atoms with E-state index in [0.717, 1.165) is 30.5 Å². The molecule has 7 heteroatoms. The van der Waals surface area contributed by atoms with Crippen LogP contribution in [0.5, 0.6) is 0 Å². The monoisotopic (exact) mass is 376 g/mol. The van der Waals surface area contributed by atoms with E-state index in [1.165, 1.54) is 18.3 Å². The fourth-order valence-corrected chi connectivity index (χ4v) is 3.48. The zero-order chi connectivity index (χ0) is 18.9. The molecule has 1 aromatic carbocycles. The van der Waals surface area contributed by atoms with Gasteiger partial charge in [-0.15, -0.1) is 0 Å². The van der Waals surface area contributed by atoms with Gasteiger partial charge in [0, 0.05) is 16.8 Å². The Hall–Kier alpha value is -2.21. The lowest BCUT2D eigenvalue weighted by atomic mass is 9.71. The van der Waals surface area contributed by atoms with E-state index in [1.54, 1.807) is 6.07 Å². The molecule has 1 aliphatic carbocycles. The van der Waals surface area contributed by atoms with E-state index < -0.39 is 11.7 Å². The maximum atomic E-state index is 13.7. The third kappa shape index (κ3) is 3.80. The predicted molar refractivity (Wildman–Crippen MR) is 100 cm³/mol. The Bertz CT molecular complexity index is 833. The first-order valence-electron chi connectivity index (χ1n) is 8.61. The third-order valence-electron chi connectivity index (χ3n) is 4.95. The molecule has 2 N–H and O–H groups in total. The fourth-order valence-electron chi connectivity index (χ4n) is 3.26. The summed E-state index contributed by atoms with van der Waals surface area (Å²) in [5.41, 5.74) is 5.03. The molecule has 0 spiro atoms. The number of aromatic amines is 1. The van der Waals surface area contributed by atoms with Crippen molar-refractivity contribution in [1.29, 1.82) is 0 Å². The number of nitrogens with one attached hydrogen (secondary N) is 2. The summed E-state index contributed by atoms with van der Waals surface area (Å²) < 4.78 is 13.7. The van der Waals surface area contributed by atoms with Crippen LogP contribution in [-0.4, -0.2) is 22.3 Å². The van der Waals surface area contributed by atoms with E-state index in [0.29, 0.717) is 11.6 Å². The number of hydrazone groups is 1. The van der Waals surface area contributed by atoms with Gasteiger partial charge in [-0.05, 0) is 42.7 Å². The second kappa shape index (κ2) is 7.19. The fraction of sp³-hybridized carbons (Fsp3) is 0.421. The number of H-pyrrole nitrogens is 1. The van der Waals surface area contributed by atoms with Crippen LogP contribution >= 0.6 is 11.6 Å². The minimum absolute atomic E-state index is 0.131. The van der Waals surface area contributed by atoms with Crippen molar-refractivity contribution in [3.8, 4) is 0 Å². The Kier molecular flexibility index (Phi) is 5.14. The summed E-state index contributed by atoms with van der Waals surface area (Å²) in [6.45, 7) is 6.64. The van der Waals surface area contributed by atoms with Crippen molar-refractivity contribution >= 4 is 23.7 Å². The molecule has 0 radical (unpaired) electrons. The van der Waals surface area contributed by atoms with Crippen LogP contribution in [-0.2, 0) is 12.8 Å². The number of halogens is 2. The Labute approximate surface area is 157 Å². The molecule has 138 valence electrons. The van der Waals surface area contributed by atoms with Crippen molar-refractivity contribution in [3.63, 3.8) is 0 Å². The molecule has 26 heavy (non-hydrogen) atoms. The number of aromatic nitrogens is 2. The zero-order valence-electron chi connectivity index (χ0n) is 15.1. The molecule has 0 aliphatic heterocycles. The maximum Gasteiger partial charge on any atom is 0.292 e. The highest BCUT2D eigenvalue weighted by molar-refractivity contribution is 6.33. The van der Waals surface area contributed by atoms with E-state index in [9.17, 15) is 9.18 Å². The molecular formula is C19H22ClFN4O. The van der Waals surface area contributed by atoms with Gasteiger partial charge in [0.2, 0.25) is 0 Å². The van der Waals surface area contributed by atoms with Crippen molar-refractivity contribution in [2.45, 2.75) is 40.0 Å². The standard InChI is InChI=1S/C19H22ClFN4O/c1-19(2,3)11-7-8-16-12(9-11)17(24-23-16)18(26)25-22-10-13-14(20)5-4-6-15(13)21/h4-6,10-11H,7-9H2,1-3H3,(H,23,24)(H,25,26)/b22-10-/t11-/m0/s1. The number of fused-ring (bicyclic) bond motifs is 1. The quantitative estimate of drug-likeness (QED) is 0.625. The Morgan fingerprint density at radius 1 is 1.46 bits per heavy atom. The number of hydrogen-bond acceptors (Lipinski definition) is 3. The van der Waals surface area contributed by atoms with Gasteiger partial charge >= 0.3 is 0 Å². The van der Waals surface area contributed by atoms with Crippen molar-refractivity contribution < 1.29 is 9.18 Å². The van der Waals surface area contributed by atoms with Crippen molar-refractivity contribution in [1.82, 2.24) is 15.6 Å². The van der Waals surface area contributed by atoms with E-state index in [-0.39, 0.29) is 16.0 Å². The second-order valence-electron chi connectivity index (χ2n) is 7.67. The lowest BCUT2D eigenvalue weighted by Crippen LogP contribution is -2.28. The first kappa shape index (κ1) is 18.6. The average Bonchev–Trinajstić information content (AvgIpc) is 3.00. The summed E-state index contributed by atoms with van der Waals surface area (Å²) in [4.78, 5) is 12.5. The highest BCUT2D eigenvalue weighted by Gasteiger charge is 2.32. The number of amides is 1. The van der Waals surface area contributed by atoms with Crippen LogP contribution in [0.3, 0.4) is 0 Å². The van der Waals surface area contributed by atoms with Gasteiger partial charge in [0.05, 0.1) is 11.2 Å². The minimum Gasteiger partial charge on any atom is -0.281 e. The molecule has 5 nitrogen and oxygen atoms in total. The van der Waals surface area contributed by atoms with E-state index in [2.05, 4.69) is 41.5 Å². The predicted octanol–water partition coefficient (Wildman–Crippen LogP) is 4.12. The molecule has 0 saturated carbocycles. The smallest absolute Gasteiger partial charge is 0.281 e. The number of aryl methyl sites for hydroxylation is 1. The van der Waals surface area contributed by atoms with Crippen LogP contribution in [0, 0.1) is 17.2 Å². The number of carbonyl (C=O) groups excluding carboxylic acids is 1. The summed E-state index contributed by atoms with van der Waals surface area (Å²) in [5, 5.41) is 11.2. The van der Waals surface area contributed by atoms with E-state index in [1.807, 2.05) is 0 Å². The van der Waals surface area contributed by atoms with Crippen molar-refractivity contribution in [3.05, 3.63) is 51.6 Å². The zero-order valence-corrected chi connectivity index (χ0v) is 15.8. The molecule has 1 heterocycles. The Balaban J connectivity index is 1.74. The Morgan fingerprint density at radius 2 is 2.23 bits per heavy atom. The summed E-state index contributed by atoms with van der Waals surface area (Å²) in [6, 6.07) is 4.35. The van der Waals surface area contributed by atoms with Gasteiger partial charge in [-0.25, -0.2) is 9.82 Å². The highest BCUT2D eigenvalue weighted by atomic mass is 35.5. The largest absolute Gasteiger partial charge is 0.292 e. The first-order valence-corrected chi connectivity index (χ1v) is 8.98. The second-order valence-corrected chi connectivity index (χ2v) is 8.08. The average molecular weight is 377 g/mol. The molecule has 0 saturated heterocycles. The third-order valence-corrected chi connectivity index (χ3v) is 5.27. The summed E-state index contributed by atoms with van der Waals surface area (Å²) in [7, 11) is 0. The van der Waals surface area contributed by atoms with Gasteiger partial charge in [-0.3, -0.25) is 9.89 Å². The molecule has 1 aliphatic rings. The van der Waals surface area contributed by atoms with Crippen LogP contribution < -0.4 is 5.43 Å². The number of carbonyl (C=O) groups is 1. The van der Waals surface area contributed by atoms with Gasteiger partial charge in [0.15, 0.2) is 5.69 Å². The molecule has 0 bridgehead atoms. The number of nitrogens with zero attached hydrogens (tertiary/aromatic N) is 2. The van der Waals surface area contributed by atoms with Crippen molar-refractivity contribution in [2.75, 3.05) is 0 Å². The van der Waals surface area contributed by atoms with Gasteiger partial charge in [-0.1, -0.05) is 38.4 Å². The molecule has 1 aromatic heterocycles. The van der Waals surface area contributed by atoms with Gasteiger partial charge < -0.3 is 0 Å². The summed E-state index contributed by atoms with van der Waals surface area (Å²) in [5.74, 6) is -0.429. The maximum absolute atomic E-state index is 13.7. The lowest BCUT2D eigenvalue weighted by molar-refractivity contribution is 0.0948. The van der Waals surface area contributed by atoms with Crippen LogP contribution in [0.2, 0.25) is 5.02 Å². The normalized spacial score (nSPS) is 17.3. The summed E-state index contributed by atoms with van der Waals surface area (Å²) >= 11 is 5.94. The SMILES string of the molecule is CC(C)(C)[C@H]1CCc2[nH]nc(C(=O)N/N=C\c3c(F)cccc3Cl)c2C1. The van der Waals surface area contributed by atoms with E-state index in [4.69, 9.17) is 11.6 Å². The highest BCUT2D eigenvalue weighted by Crippen LogP contribution is 2.37. The van der Waals surface area contributed by atoms with Gasteiger partial charge in [0.1, 0.15) is 5.82 Å². The first-order chi connectivity index (χ1) is 12.3. The molecule has 1 amide bonds. The molecular weight excluding hydrogens is 355 g/mol. The van der Waals surface area contributed by atoms with Crippen LogP contribution in [0.1, 0.15) is 54.5 Å². The Morgan fingerprint density at radius 3 is 2.92 bits per heavy atom. The lowest BCUT2D eigenvalue weighted by Gasteiger charge is -2.33.